The molecule has 1 saturated carbocycles. The van der Waals surface area contributed by atoms with Crippen LogP contribution in [0.1, 0.15) is 23.5 Å². The molecule has 10 heteroatoms. The largest absolute Gasteiger partial charge is 0.396 e. The van der Waals surface area contributed by atoms with Gasteiger partial charge in [0.25, 0.3) is 0 Å². The number of amides is 1. The van der Waals surface area contributed by atoms with Gasteiger partial charge in [-0.2, -0.15) is 5.10 Å². The molecule has 0 radical (unpaired) electrons. The Kier molecular flexibility index (Phi) is 5.43. The molecule has 0 bridgehead atoms. The van der Waals surface area contributed by atoms with Crippen LogP contribution >= 0.6 is 11.6 Å². The Morgan fingerprint density at radius 2 is 2.18 bits per heavy atom. The van der Waals surface area contributed by atoms with Gasteiger partial charge in [-0.15, -0.1) is 0 Å². The van der Waals surface area contributed by atoms with Crippen LogP contribution in [0, 0.1) is 5.92 Å². The fraction of sp³-hybridized carbons (Fsp3) is 0.261. The van der Waals surface area contributed by atoms with Gasteiger partial charge in [0, 0.05) is 60.7 Å². The third-order valence-electron chi connectivity index (χ3n) is 5.94. The molecule has 9 nitrogen and oxygen atoms in total. The Morgan fingerprint density at radius 3 is 2.94 bits per heavy atom. The summed E-state index contributed by atoms with van der Waals surface area (Å²) >= 11 is 6.75. The summed E-state index contributed by atoms with van der Waals surface area (Å²) in [5.41, 5.74) is 9.30. The SMILES string of the molecule is Cn1cc([C@@H]2C[C@H]2C(=O)Nc2cc3c(Cl)c(-c4cnccc4CCO)nc(N)c3cn2)cn1. The summed E-state index contributed by atoms with van der Waals surface area (Å²) in [6.45, 7) is -0.0149. The van der Waals surface area contributed by atoms with E-state index in [9.17, 15) is 9.90 Å². The molecular weight excluding hydrogens is 442 g/mol. The number of anilines is 2. The van der Waals surface area contributed by atoms with E-state index in [0.29, 0.717) is 39.3 Å². The van der Waals surface area contributed by atoms with Crippen LogP contribution in [0.4, 0.5) is 11.6 Å². The van der Waals surface area contributed by atoms with Gasteiger partial charge in [0.05, 0.1) is 16.9 Å². The number of fused-ring (bicyclic) bond motifs is 1. The van der Waals surface area contributed by atoms with E-state index in [4.69, 9.17) is 17.3 Å². The molecule has 168 valence electrons. The van der Waals surface area contributed by atoms with E-state index in [-0.39, 0.29) is 30.2 Å². The zero-order chi connectivity index (χ0) is 23.1. The van der Waals surface area contributed by atoms with E-state index in [1.807, 2.05) is 19.3 Å². The van der Waals surface area contributed by atoms with Gasteiger partial charge >= 0.3 is 0 Å². The van der Waals surface area contributed by atoms with Crippen molar-refractivity contribution >= 4 is 39.9 Å². The van der Waals surface area contributed by atoms with Crippen LogP contribution in [0.15, 0.2) is 43.1 Å². The van der Waals surface area contributed by atoms with Crippen molar-refractivity contribution in [1.29, 1.82) is 0 Å². The lowest BCUT2D eigenvalue weighted by Crippen LogP contribution is -2.15. The van der Waals surface area contributed by atoms with E-state index in [0.717, 1.165) is 17.5 Å². The Bertz CT molecular complexity index is 1370. The van der Waals surface area contributed by atoms with Crippen molar-refractivity contribution in [1.82, 2.24) is 24.7 Å². The van der Waals surface area contributed by atoms with Crippen molar-refractivity contribution in [3.63, 3.8) is 0 Å². The molecule has 1 aliphatic rings. The van der Waals surface area contributed by atoms with Gasteiger partial charge in [-0.1, -0.05) is 11.6 Å². The Hall–Kier alpha value is -3.56. The number of halogens is 1. The first-order valence-corrected chi connectivity index (χ1v) is 10.9. The van der Waals surface area contributed by atoms with Crippen molar-refractivity contribution in [2.24, 2.45) is 13.0 Å². The number of carbonyl (C=O) groups excluding carboxylic acids is 1. The molecule has 1 amide bonds. The highest BCUT2D eigenvalue weighted by molar-refractivity contribution is 6.38. The molecule has 0 aromatic carbocycles. The highest BCUT2D eigenvalue weighted by Gasteiger charge is 2.44. The van der Waals surface area contributed by atoms with Crippen LogP contribution in [0.5, 0.6) is 0 Å². The van der Waals surface area contributed by atoms with E-state index >= 15 is 0 Å². The van der Waals surface area contributed by atoms with Gasteiger partial charge < -0.3 is 16.2 Å². The number of nitrogens with two attached hydrogens (primary N) is 1. The second-order valence-electron chi connectivity index (χ2n) is 8.17. The van der Waals surface area contributed by atoms with Crippen molar-refractivity contribution < 1.29 is 9.90 Å². The van der Waals surface area contributed by atoms with E-state index < -0.39 is 0 Å². The number of rotatable bonds is 6. The number of hydrogen-bond donors (Lipinski definition) is 3. The summed E-state index contributed by atoms with van der Waals surface area (Å²) < 4.78 is 1.74. The van der Waals surface area contributed by atoms with Crippen LogP contribution in [-0.4, -0.2) is 42.4 Å². The smallest absolute Gasteiger partial charge is 0.229 e. The molecule has 0 aliphatic heterocycles. The van der Waals surface area contributed by atoms with Crippen molar-refractivity contribution in [3.05, 3.63) is 59.3 Å². The van der Waals surface area contributed by atoms with Crippen LogP contribution < -0.4 is 11.1 Å². The number of nitrogens with one attached hydrogen (secondary N) is 1. The molecule has 33 heavy (non-hydrogen) atoms. The van der Waals surface area contributed by atoms with Crippen molar-refractivity contribution in [2.45, 2.75) is 18.8 Å². The number of nitrogens with zero attached hydrogens (tertiary/aromatic N) is 5. The summed E-state index contributed by atoms with van der Waals surface area (Å²) in [5.74, 6) is 0.630. The molecule has 4 N–H and O–H groups in total. The molecule has 4 aromatic heterocycles. The van der Waals surface area contributed by atoms with E-state index in [2.05, 4.69) is 25.4 Å². The lowest BCUT2D eigenvalue weighted by molar-refractivity contribution is -0.117. The predicted octanol–water partition coefficient (Wildman–Crippen LogP) is 2.94. The summed E-state index contributed by atoms with van der Waals surface area (Å²) in [7, 11) is 1.86. The molecule has 4 aromatic rings. The first-order chi connectivity index (χ1) is 16.0. The molecule has 0 saturated heterocycles. The summed E-state index contributed by atoms with van der Waals surface area (Å²) in [5, 5.41) is 18.1. The van der Waals surface area contributed by atoms with Gasteiger partial charge in [0.1, 0.15) is 11.6 Å². The summed E-state index contributed by atoms with van der Waals surface area (Å²) in [6.07, 6.45) is 9.82. The number of pyridine rings is 3. The molecule has 2 atom stereocenters. The topological polar surface area (TPSA) is 132 Å². The lowest BCUT2D eigenvalue weighted by atomic mass is 10.0. The number of nitrogen functional groups attached to an aromatic ring is 1. The molecular formula is C23H22ClN7O2. The fourth-order valence-corrected chi connectivity index (χ4v) is 4.42. The standard InChI is InChI=1S/C23H22ClN7O2/c1-31-11-13(8-28-31)14-6-16(14)23(33)29-19-7-15-18(10-27-19)22(25)30-21(20(15)24)17-9-26-4-2-12(17)3-5-32/h2,4,7-11,14,16,32H,3,5-6H2,1H3,(H2,25,30)(H,27,29,33)/t14-,16+/m0/s1. The maximum Gasteiger partial charge on any atom is 0.229 e. The summed E-state index contributed by atoms with van der Waals surface area (Å²) in [6, 6.07) is 3.52. The number of aryl methyl sites for hydroxylation is 1. The van der Waals surface area contributed by atoms with Gasteiger partial charge in [-0.05, 0) is 42.0 Å². The highest BCUT2D eigenvalue weighted by atomic mass is 35.5. The van der Waals surface area contributed by atoms with Crippen LogP contribution in [0.2, 0.25) is 5.02 Å². The first-order valence-electron chi connectivity index (χ1n) is 10.5. The second kappa shape index (κ2) is 8.42. The molecule has 0 spiro atoms. The third kappa shape index (κ3) is 4.01. The number of hydrogen-bond acceptors (Lipinski definition) is 7. The first kappa shape index (κ1) is 21.3. The van der Waals surface area contributed by atoms with Gasteiger partial charge in [0.2, 0.25) is 5.91 Å². The zero-order valence-electron chi connectivity index (χ0n) is 17.9. The Labute approximate surface area is 194 Å². The highest BCUT2D eigenvalue weighted by Crippen LogP contribution is 2.48. The number of aromatic nitrogens is 5. The van der Waals surface area contributed by atoms with Crippen molar-refractivity contribution in [2.75, 3.05) is 17.7 Å². The normalized spacial score (nSPS) is 17.3. The van der Waals surface area contributed by atoms with Gasteiger partial charge in [0.15, 0.2) is 0 Å². The third-order valence-corrected chi connectivity index (χ3v) is 6.32. The maximum atomic E-state index is 12.8. The molecule has 1 aliphatic carbocycles. The molecule has 0 unspecified atom stereocenters. The molecule has 1 fully saturated rings. The minimum Gasteiger partial charge on any atom is -0.396 e. The Balaban J connectivity index is 1.45. The quantitative estimate of drug-likeness (QED) is 0.400. The molecule has 4 heterocycles. The average molecular weight is 464 g/mol. The fourth-order valence-electron chi connectivity index (χ4n) is 4.12. The number of carbonyl (C=O) groups is 1. The van der Waals surface area contributed by atoms with Crippen LogP contribution in [-0.2, 0) is 18.3 Å². The average Bonchev–Trinajstić information content (AvgIpc) is 3.50. The van der Waals surface area contributed by atoms with Crippen LogP contribution in [0.3, 0.4) is 0 Å². The minimum atomic E-state index is -0.114. The van der Waals surface area contributed by atoms with E-state index in [1.165, 1.54) is 0 Å². The molecule has 5 rings (SSSR count). The predicted molar refractivity (Wildman–Crippen MR) is 126 cm³/mol. The summed E-state index contributed by atoms with van der Waals surface area (Å²) in [4.78, 5) is 25.8. The zero-order valence-corrected chi connectivity index (χ0v) is 18.6. The number of aliphatic hydroxyl groups is 1. The van der Waals surface area contributed by atoms with Crippen LogP contribution in [0.25, 0.3) is 22.0 Å². The monoisotopic (exact) mass is 463 g/mol. The van der Waals surface area contributed by atoms with Crippen molar-refractivity contribution in [3.8, 4) is 11.3 Å². The van der Waals surface area contributed by atoms with E-state index in [1.54, 1.807) is 35.5 Å². The maximum absolute atomic E-state index is 12.8. The van der Waals surface area contributed by atoms with Gasteiger partial charge in [-0.25, -0.2) is 9.97 Å². The number of aliphatic hydroxyl groups excluding tert-OH is 1. The minimum absolute atomic E-state index is 0.0149. The Morgan fingerprint density at radius 1 is 1.33 bits per heavy atom. The second-order valence-corrected chi connectivity index (χ2v) is 8.54. The lowest BCUT2D eigenvalue weighted by Gasteiger charge is -2.13. The van der Waals surface area contributed by atoms with Gasteiger partial charge in [-0.3, -0.25) is 14.5 Å².